The number of fused-ring (bicyclic) bond motifs is 1. The second kappa shape index (κ2) is 5.33. The van der Waals surface area contributed by atoms with Gasteiger partial charge in [-0.1, -0.05) is 6.07 Å². The summed E-state index contributed by atoms with van der Waals surface area (Å²) in [6, 6.07) is 7.56. The van der Waals surface area contributed by atoms with Crippen LogP contribution in [0.2, 0.25) is 0 Å². The fourth-order valence-electron chi connectivity index (χ4n) is 2.53. The van der Waals surface area contributed by atoms with Gasteiger partial charge in [0.05, 0.1) is 0 Å². The Labute approximate surface area is 117 Å². The van der Waals surface area contributed by atoms with Crippen molar-refractivity contribution < 1.29 is 14.6 Å². The monoisotopic (exact) mass is 269 g/mol. The minimum absolute atomic E-state index is 0.0743. The van der Waals surface area contributed by atoms with Crippen LogP contribution in [0.1, 0.15) is 34.3 Å². The van der Waals surface area contributed by atoms with Crippen LogP contribution in [0.4, 0.5) is 0 Å². The van der Waals surface area contributed by atoms with Crippen molar-refractivity contribution in [2.75, 3.05) is 0 Å². The van der Waals surface area contributed by atoms with Gasteiger partial charge in [-0.15, -0.1) is 0 Å². The molecule has 0 unspecified atom stereocenters. The minimum Gasteiger partial charge on any atom is -0.477 e. The maximum Gasteiger partial charge on any atom is 0.341 e. The third kappa shape index (κ3) is 2.50. The van der Waals surface area contributed by atoms with E-state index in [1.54, 1.807) is 6.07 Å². The fourth-order valence-corrected chi connectivity index (χ4v) is 2.53. The summed E-state index contributed by atoms with van der Waals surface area (Å²) in [5.41, 5.74) is 2.75. The second-order valence-electron chi connectivity index (χ2n) is 4.92. The van der Waals surface area contributed by atoms with Crippen molar-refractivity contribution in [3.05, 3.63) is 53.3 Å². The molecule has 0 atom stereocenters. The SMILES string of the molecule is O=C(O)c1cnccc1Oc1ccc2c(c1)CCCC2. The van der Waals surface area contributed by atoms with Gasteiger partial charge in [0.1, 0.15) is 17.1 Å². The lowest BCUT2D eigenvalue weighted by Crippen LogP contribution is -2.03. The Hall–Kier alpha value is -2.36. The summed E-state index contributed by atoms with van der Waals surface area (Å²) in [6.07, 6.45) is 7.45. The molecule has 0 fully saturated rings. The van der Waals surface area contributed by atoms with Crippen molar-refractivity contribution in [1.82, 2.24) is 4.98 Å². The zero-order valence-electron chi connectivity index (χ0n) is 11.0. The Morgan fingerprint density at radius 1 is 1.15 bits per heavy atom. The van der Waals surface area contributed by atoms with Crippen LogP contribution in [0.15, 0.2) is 36.7 Å². The second-order valence-corrected chi connectivity index (χ2v) is 4.92. The molecule has 1 heterocycles. The number of carboxylic acid groups (broad SMARTS) is 1. The molecule has 0 radical (unpaired) electrons. The molecular weight excluding hydrogens is 254 g/mol. The molecule has 4 nitrogen and oxygen atoms in total. The Morgan fingerprint density at radius 3 is 2.75 bits per heavy atom. The molecule has 0 saturated carbocycles. The summed E-state index contributed by atoms with van der Waals surface area (Å²) in [4.78, 5) is 14.9. The van der Waals surface area contributed by atoms with Gasteiger partial charge in [0.15, 0.2) is 0 Å². The normalized spacial score (nSPS) is 13.6. The highest BCUT2D eigenvalue weighted by atomic mass is 16.5. The minimum atomic E-state index is -1.04. The molecular formula is C16H15NO3. The van der Waals surface area contributed by atoms with E-state index < -0.39 is 5.97 Å². The van der Waals surface area contributed by atoms with Crippen molar-refractivity contribution >= 4 is 5.97 Å². The van der Waals surface area contributed by atoms with Crippen molar-refractivity contribution in [2.24, 2.45) is 0 Å². The highest BCUT2D eigenvalue weighted by Gasteiger charge is 2.14. The molecule has 0 amide bonds. The quantitative estimate of drug-likeness (QED) is 0.927. The van der Waals surface area contributed by atoms with Crippen molar-refractivity contribution in [1.29, 1.82) is 0 Å². The molecule has 1 N–H and O–H groups in total. The predicted molar refractivity (Wildman–Crippen MR) is 74.4 cm³/mol. The summed E-state index contributed by atoms with van der Waals surface area (Å²) < 4.78 is 5.72. The molecule has 1 aromatic carbocycles. The first-order chi connectivity index (χ1) is 9.74. The van der Waals surface area contributed by atoms with Crippen LogP contribution in [0, 0.1) is 0 Å². The maximum atomic E-state index is 11.1. The van der Waals surface area contributed by atoms with Gasteiger partial charge >= 0.3 is 5.97 Å². The van der Waals surface area contributed by atoms with Gasteiger partial charge in [-0.3, -0.25) is 4.98 Å². The summed E-state index contributed by atoms with van der Waals surface area (Å²) in [5.74, 6) is -0.0336. The number of nitrogens with zero attached hydrogens (tertiary/aromatic N) is 1. The molecule has 0 saturated heterocycles. The first kappa shape index (κ1) is 12.7. The molecule has 20 heavy (non-hydrogen) atoms. The van der Waals surface area contributed by atoms with E-state index >= 15 is 0 Å². The van der Waals surface area contributed by atoms with Crippen LogP contribution in [0.25, 0.3) is 0 Å². The third-order valence-electron chi connectivity index (χ3n) is 3.56. The molecule has 1 aliphatic rings. The zero-order chi connectivity index (χ0) is 13.9. The van der Waals surface area contributed by atoms with Gasteiger partial charge in [-0.05, 0) is 48.9 Å². The topological polar surface area (TPSA) is 59.4 Å². The van der Waals surface area contributed by atoms with E-state index in [0.29, 0.717) is 11.5 Å². The van der Waals surface area contributed by atoms with Gasteiger partial charge < -0.3 is 9.84 Å². The van der Waals surface area contributed by atoms with Gasteiger partial charge in [0, 0.05) is 18.5 Å². The molecule has 1 aromatic heterocycles. The average Bonchev–Trinajstić information content (AvgIpc) is 2.47. The number of ether oxygens (including phenoxy) is 1. The summed E-state index contributed by atoms with van der Waals surface area (Å²) >= 11 is 0. The predicted octanol–water partition coefficient (Wildman–Crippen LogP) is 3.45. The van der Waals surface area contributed by atoms with Crippen LogP contribution >= 0.6 is 0 Å². The van der Waals surface area contributed by atoms with Crippen molar-refractivity contribution in [3.8, 4) is 11.5 Å². The molecule has 4 heteroatoms. The smallest absolute Gasteiger partial charge is 0.341 e. The van der Waals surface area contributed by atoms with E-state index in [2.05, 4.69) is 11.1 Å². The number of aryl methyl sites for hydroxylation is 2. The van der Waals surface area contributed by atoms with Gasteiger partial charge in [0.25, 0.3) is 0 Å². The van der Waals surface area contributed by atoms with E-state index in [1.807, 2.05) is 12.1 Å². The number of benzene rings is 1. The van der Waals surface area contributed by atoms with Crippen LogP contribution in [0.5, 0.6) is 11.5 Å². The molecule has 1 aliphatic carbocycles. The lowest BCUT2D eigenvalue weighted by Gasteiger charge is -2.17. The number of aromatic nitrogens is 1. The van der Waals surface area contributed by atoms with Gasteiger partial charge in [-0.25, -0.2) is 4.79 Å². The highest BCUT2D eigenvalue weighted by Crippen LogP contribution is 2.29. The Balaban J connectivity index is 1.90. The van der Waals surface area contributed by atoms with E-state index in [4.69, 9.17) is 9.84 Å². The number of pyridine rings is 1. The molecule has 3 rings (SSSR count). The van der Waals surface area contributed by atoms with Crippen molar-refractivity contribution in [3.63, 3.8) is 0 Å². The zero-order valence-corrected chi connectivity index (χ0v) is 11.0. The molecule has 0 bridgehead atoms. The largest absolute Gasteiger partial charge is 0.477 e. The number of hydrogen-bond acceptors (Lipinski definition) is 3. The average molecular weight is 269 g/mol. The number of carboxylic acids is 1. The van der Waals surface area contributed by atoms with E-state index in [-0.39, 0.29) is 5.56 Å². The lowest BCUT2D eigenvalue weighted by atomic mass is 9.92. The molecule has 0 spiro atoms. The number of rotatable bonds is 3. The van der Waals surface area contributed by atoms with Crippen LogP contribution in [-0.2, 0) is 12.8 Å². The fraction of sp³-hybridized carbons (Fsp3) is 0.250. The summed E-state index contributed by atoms with van der Waals surface area (Å²) in [5, 5.41) is 9.12. The van der Waals surface area contributed by atoms with Crippen molar-refractivity contribution in [2.45, 2.75) is 25.7 Å². The molecule has 0 aliphatic heterocycles. The standard InChI is InChI=1S/C16H15NO3/c18-16(19)14-10-17-8-7-15(14)20-13-6-5-11-3-1-2-4-12(11)9-13/h5-10H,1-4H2,(H,18,19). The first-order valence-corrected chi connectivity index (χ1v) is 6.71. The van der Waals surface area contributed by atoms with E-state index in [9.17, 15) is 4.79 Å². The van der Waals surface area contributed by atoms with Gasteiger partial charge in [0.2, 0.25) is 0 Å². The van der Waals surface area contributed by atoms with Crippen LogP contribution in [0.3, 0.4) is 0 Å². The highest BCUT2D eigenvalue weighted by molar-refractivity contribution is 5.90. The first-order valence-electron chi connectivity index (χ1n) is 6.71. The van der Waals surface area contributed by atoms with Crippen LogP contribution < -0.4 is 4.74 Å². The number of aromatic carboxylic acids is 1. The molecule has 102 valence electrons. The molecule has 2 aromatic rings. The summed E-state index contributed by atoms with van der Waals surface area (Å²) in [7, 11) is 0. The Kier molecular flexibility index (Phi) is 3.37. The lowest BCUT2D eigenvalue weighted by molar-refractivity contribution is 0.0693. The van der Waals surface area contributed by atoms with E-state index in [0.717, 1.165) is 12.8 Å². The third-order valence-corrected chi connectivity index (χ3v) is 3.56. The Bertz CT molecular complexity index is 652. The Morgan fingerprint density at radius 2 is 1.95 bits per heavy atom. The van der Waals surface area contributed by atoms with Crippen LogP contribution in [-0.4, -0.2) is 16.1 Å². The number of carbonyl (C=O) groups is 1. The number of hydrogen-bond donors (Lipinski definition) is 1. The van der Waals surface area contributed by atoms with Gasteiger partial charge in [-0.2, -0.15) is 0 Å². The maximum absolute atomic E-state index is 11.1. The summed E-state index contributed by atoms with van der Waals surface area (Å²) in [6.45, 7) is 0. The van der Waals surface area contributed by atoms with E-state index in [1.165, 1.54) is 36.4 Å².